The van der Waals surface area contributed by atoms with Crippen LogP contribution in [0.3, 0.4) is 0 Å². The number of rotatable bonds is 6. The van der Waals surface area contributed by atoms with Gasteiger partial charge in [-0.1, -0.05) is 30.8 Å². The first kappa shape index (κ1) is 25.9. The molecule has 1 saturated heterocycles. The van der Waals surface area contributed by atoms with Gasteiger partial charge in [-0.15, -0.1) is 0 Å². The van der Waals surface area contributed by atoms with Gasteiger partial charge >= 0.3 is 0 Å². The molecule has 2 aromatic carbocycles. The predicted octanol–water partition coefficient (Wildman–Crippen LogP) is 3.77. The number of carbonyl (C=O) groups is 2. The second-order valence-corrected chi connectivity index (χ2v) is 9.14. The Morgan fingerprint density at radius 2 is 1.87 bits per heavy atom. The van der Waals surface area contributed by atoms with Gasteiger partial charge in [0.25, 0.3) is 5.91 Å². The second kappa shape index (κ2) is 10.6. The van der Waals surface area contributed by atoms with Gasteiger partial charge in [-0.2, -0.15) is 5.10 Å². The fourth-order valence-electron chi connectivity index (χ4n) is 4.70. The molecule has 0 radical (unpaired) electrons. The number of fused-ring (bicyclic) bond motifs is 1. The quantitative estimate of drug-likeness (QED) is 0.287. The molecule has 2 aromatic heterocycles. The molecular weight excluding hydrogens is 511 g/mol. The van der Waals surface area contributed by atoms with Crippen molar-refractivity contribution in [2.24, 2.45) is 0 Å². The van der Waals surface area contributed by atoms with Gasteiger partial charge in [0.15, 0.2) is 23.1 Å². The lowest BCUT2D eigenvalue weighted by atomic mass is 10.1. The number of amides is 2. The van der Waals surface area contributed by atoms with Gasteiger partial charge in [-0.25, -0.2) is 27.8 Å². The molecule has 0 saturated carbocycles. The Hall–Kier alpha value is -4.74. The lowest BCUT2D eigenvalue weighted by molar-refractivity contribution is -0.127. The Balaban J connectivity index is 1.38. The van der Waals surface area contributed by atoms with E-state index in [2.05, 4.69) is 21.9 Å². The first-order valence-electron chi connectivity index (χ1n) is 12.2. The number of anilines is 1. The van der Waals surface area contributed by atoms with Crippen LogP contribution in [-0.2, 0) is 11.3 Å². The number of likely N-dealkylation sites (tertiary alicyclic amines) is 1. The predicted molar refractivity (Wildman–Crippen MR) is 138 cm³/mol. The third-order valence-corrected chi connectivity index (χ3v) is 6.71. The maximum Gasteiger partial charge on any atom is 0.254 e. The molecule has 1 aliphatic rings. The molecule has 4 aromatic rings. The summed E-state index contributed by atoms with van der Waals surface area (Å²) in [5.41, 5.74) is 8.15. The third kappa shape index (κ3) is 4.92. The molecule has 1 atom stereocenters. The fourth-order valence-corrected chi connectivity index (χ4v) is 4.70. The van der Waals surface area contributed by atoms with Crippen molar-refractivity contribution in [1.82, 2.24) is 30.0 Å². The summed E-state index contributed by atoms with van der Waals surface area (Å²) < 4.78 is 42.3. The highest BCUT2D eigenvalue weighted by Crippen LogP contribution is 2.34. The Kier molecular flexibility index (Phi) is 7.01. The van der Waals surface area contributed by atoms with Gasteiger partial charge in [0, 0.05) is 25.2 Å². The number of hydrogen-bond acceptors (Lipinski definition) is 6. The highest BCUT2D eigenvalue weighted by molar-refractivity contribution is 5.98. The third-order valence-electron chi connectivity index (χ3n) is 6.71. The molecule has 5 rings (SSSR count). The molecule has 0 spiro atoms. The number of piperidine rings is 1. The molecule has 1 fully saturated rings. The van der Waals surface area contributed by atoms with Gasteiger partial charge < -0.3 is 16.0 Å². The summed E-state index contributed by atoms with van der Waals surface area (Å²) in [5.74, 6) is -5.36. The van der Waals surface area contributed by atoms with Gasteiger partial charge in [0.05, 0.1) is 17.0 Å². The van der Waals surface area contributed by atoms with E-state index >= 15 is 0 Å². The van der Waals surface area contributed by atoms with Crippen LogP contribution in [0.1, 0.15) is 34.8 Å². The molecule has 0 aliphatic carbocycles. The highest BCUT2D eigenvalue weighted by atomic mass is 19.2. The van der Waals surface area contributed by atoms with Crippen LogP contribution in [0.15, 0.2) is 55.4 Å². The van der Waals surface area contributed by atoms with Crippen molar-refractivity contribution >= 4 is 28.7 Å². The standard InChI is InChI=1S/C27H24F3N7O2/c1-2-20(38)36-11-3-4-17(13-36)37-26-21(25(31)33-14-34-26)24(35-37)16-7-5-15(6-8-16)12-32-27(39)18-9-10-19(28)23(30)22(18)29/h2,5-10,14,17H,1,3-4,11-13H2,(H,32,39)(H2,31,33,34)/t17-/m1/s1. The zero-order chi connectivity index (χ0) is 27.7. The molecule has 2 amide bonds. The van der Waals surface area contributed by atoms with Crippen molar-refractivity contribution in [2.75, 3.05) is 18.8 Å². The number of hydrogen-bond donors (Lipinski definition) is 2. The number of nitrogens with zero attached hydrogens (tertiary/aromatic N) is 5. The minimum Gasteiger partial charge on any atom is -0.383 e. The van der Waals surface area contributed by atoms with E-state index in [1.54, 1.807) is 33.8 Å². The average Bonchev–Trinajstić information content (AvgIpc) is 3.35. The zero-order valence-electron chi connectivity index (χ0n) is 20.7. The van der Waals surface area contributed by atoms with Crippen molar-refractivity contribution in [3.05, 3.63) is 84.0 Å². The van der Waals surface area contributed by atoms with Gasteiger partial charge in [0.2, 0.25) is 5.91 Å². The van der Waals surface area contributed by atoms with E-state index in [1.807, 2.05) is 0 Å². The van der Waals surface area contributed by atoms with Crippen molar-refractivity contribution in [1.29, 1.82) is 0 Å². The lowest BCUT2D eigenvalue weighted by Gasteiger charge is -2.32. The van der Waals surface area contributed by atoms with E-state index in [1.165, 1.54) is 12.4 Å². The summed E-state index contributed by atoms with van der Waals surface area (Å²) in [6.07, 6.45) is 4.28. The molecule has 3 N–H and O–H groups in total. The van der Waals surface area contributed by atoms with Gasteiger partial charge in [0.1, 0.15) is 17.8 Å². The number of aromatic nitrogens is 4. The van der Waals surface area contributed by atoms with Crippen LogP contribution >= 0.6 is 0 Å². The molecule has 200 valence electrons. The van der Waals surface area contributed by atoms with Crippen LogP contribution in [-0.4, -0.2) is 49.6 Å². The van der Waals surface area contributed by atoms with E-state index in [0.29, 0.717) is 41.4 Å². The summed E-state index contributed by atoms with van der Waals surface area (Å²) in [5, 5.41) is 7.91. The monoisotopic (exact) mass is 535 g/mol. The van der Waals surface area contributed by atoms with E-state index < -0.39 is 28.9 Å². The van der Waals surface area contributed by atoms with Crippen LogP contribution < -0.4 is 11.1 Å². The van der Waals surface area contributed by atoms with E-state index in [9.17, 15) is 22.8 Å². The Labute approximate surface area is 221 Å². The second-order valence-electron chi connectivity index (χ2n) is 9.14. The van der Waals surface area contributed by atoms with Crippen molar-refractivity contribution in [3.63, 3.8) is 0 Å². The topological polar surface area (TPSA) is 119 Å². The first-order chi connectivity index (χ1) is 18.8. The highest BCUT2D eigenvalue weighted by Gasteiger charge is 2.28. The normalized spacial score (nSPS) is 15.4. The minimum absolute atomic E-state index is 0.0211. The van der Waals surface area contributed by atoms with E-state index in [0.717, 1.165) is 24.5 Å². The number of carbonyl (C=O) groups excluding carboxylic acids is 2. The molecule has 12 heteroatoms. The number of halogens is 3. The number of nitrogens with one attached hydrogen (secondary N) is 1. The molecule has 0 unspecified atom stereocenters. The fraction of sp³-hybridized carbons (Fsp3) is 0.222. The van der Waals surface area contributed by atoms with Crippen molar-refractivity contribution in [3.8, 4) is 11.3 Å². The molecule has 39 heavy (non-hydrogen) atoms. The van der Waals surface area contributed by atoms with Crippen molar-refractivity contribution in [2.45, 2.75) is 25.4 Å². The van der Waals surface area contributed by atoms with Crippen LogP contribution in [0.25, 0.3) is 22.3 Å². The summed E-state index contributed by atoms with van der Waals surface area (Å²) >= 11 is 0. The SMILES string of the molecule is C=CC(=O)N1CCC[C@@H](n2nc(-c3ccc(CNC(=O)c4ccc(F)c(F)c4F)cc3)c3c(N)ncnc32)C1. The van der Waals surface area contributed by atoms with Gasteiger partial charge in [-0.3, -0.25) is 9.59 Å². The first-order valence-corrected chi connectivity index (χ1v) is 12.2. The number of benzene rings is 2. The Morgan fingerprint density at radius 3 is 2.62 bits per heavy atom. The summed E-state index contributed by atoms with van der Waals surface area (Å²) in [6.45, 7) is 4.70. The smallest absolute Gasteiger partial charge is 0.254 e. The van der Waals surface area contributed by atoms with E-state index in [4.69, 9.17) is 10.8 Å². The van der Waals surface area contributed by atoms with E-state index in [-0.39, 0.29) is 24.3 Å². The largest absolute Gasteiger partial charge is 0.383 e. The molecule has 1 aliphatic heterocycles. The van der Waals surface area contributed by atoms with Crippen LogP contribution in [0.2, 0.25) is 0 Å². The molecule has 9 nitrogen and oxygen atoms in total. The minimum atomic E-state index is -1.70. The average molecular weight is 536 g/mol. The molecular formula is C27H24F3N7O2. The Morgan fingerprint density at radius 1 is 1.10 bits per heavy atom. The van der Waals surface area contributed by atoms with Crippen LogP contribution in [0, 0.1) is 17.5 Å². The molecule has 0 bridgehead atoms. The number of nitrogen functional groups attached to an aromatic ring is 1. The van der Waals surface area contributed by atoms with Crippen LogP contribution in [0.4, 0.5) is 19.0 Å². The van der Waals surface area contributed by atoms with Crippen molar-refractivity contribution < 1.29 is 22.8 Å². The maximum absolute atomic E-state index is 13.9. The number of nitrogens with two attached hydrogens (primary N) is 1. The zero-order valence-corrected chi connectivity index (χ0v) is 20.7. The molecule has 3 heterocycles. The van der Waals surface area contributed by atoms with Gasteiger partial charge in [-0.05, 0) is 36.6 Å². The Bertz CT molecular complexity index is 1590. The lowest BCUT2D eigenvalue weighted by Crippen LogP contribution is -2.40. The summed E-state index contributed by atoms with van der Waals surface area (Å²) in [4.78, 5) is 34.8. The summed E-state index contributed by atoms with van der Waals surface area (Å²) in [7, 11) is 0. The maximum atomic E-state index is 13.9. The summed E-state index contributed by atoms with van der Waals surface area (Å²) in [6, 6.07) is 8.53. The van der Waals surface area contributed by atoms with Crippen LogP contribution in [0.5, 0.6) is 0 Å².